The van der Waals surface area contributed by atoms with Gasteiger partial charge in [-0.05, 0) is 36.6 Å². The first-order chi connectivity index (χ1) is 14.5. The summed E-state index contributed by atoms with van der Waals surface area (Å²) in [5.74, 6) is -0.125. The summed E-state index contributed by atoms with van der Waals surface area (Å²) >= 11 is 7.22. The minimum absolute atomic E-state index is 0.0473. The topological polar surface area (TPSA) is 97.8 Å². The molecule has 0 saturated heterocycles. The van der Waals surface area contributed by atoms with Crippen LogP contribution in [0, 0.1) is 0 Å². The molecule has 0 aliphatic heterocycles. The summed E-state index contributed by atoms with van der Waals surface area (Å²) in [6.45, 7) is 0. The van der Waals surface area contributed by atoms with Crippen molar-refractivity contribution in [2.75, 3.05) is 6.26 Å². The van der Waals surface area contributed by atoms with Gasteiger partial charge in [-0.25, -0.2) is 4.99 Å². The fourth-order valence-electron chi connectivity index (χ4n) is 2.55. The van der Waals surface area contributed by atoms with Crippen LogP contribution in [0.15, 0.2) is 81.9 Å². The van der Waals surface area contributed by atoms with E-state index in [4.69, 9.17) is 11.6 Å². The van der Waals surface area contributed by atoms with Crippen LogP contribution in [0.4, 0.5) is 0 Å². The van der Waals surface area contributed by atoms with E-state index in [2.05, 4.69) is 15.2 Å². The van der Waals surface area contributed by atoms with Crippen LogP contribution in [0.3, 0.4) is 0 Å². The Hall–Kier alpha value is -3.29. The number of nitrogens with zero attached hydrogens (tertiary/aromatic N) is 3. The number of thioether (sulfide) groups is 1. The average molecular weight is 440 g/mol. The molecule has 0 aromatic heterocycles. The monoisotopic (exact) mass is 439 g/mol. The van der Waals surface area contributed by atoms with E-state index in [9.17, 15) is 15.3 Å². The molecule has 0 aliphatic carbocycles. The zero-order chi connectivity index (χ0) is 21.5. The smallest absolute Gasteiger partial charge is 0.208 e. The van der Waals surface area contributed by atoms with Crippen molar-refractivity contribution in [1.29, 1.82) is 0 Å². The Bertz CT molecular complexity index is 1130. The number of aliphatic imine (C=N–C) groups is 1. The first kappa shape index (κ1) is 21.4. The molecule has 0 amide bonds. The second-order valence-corrected chi connectivity index (χ2v) is 7.27. The van der Waals surface area contributed by atoms with E-state index in [0.29, 0.717) is 27.0 Å². The SMILES string of the molecule is CSC(=N\N=C(/c1ccccc1)c1ccc(O)cc1O)/N=C/c1cc(Cl)ccc1O. The van der Waals surface area contributed by atoms with Gasteiger partial charge in [-0.3, -0.25) is 0 Å². The van der Waals surface area contributed by atoms with Crippen LogP contribution in [0.25, 0.3) is 0 Å². The molecule has 0 fully saturated rings. The highest BCUT2D eigenvalue weighted by Crippen LogP contribution is 2.26. The lowest BCUT2D eigenvalue weighted by Crippen LogP contribution is -2.03. The number of aromatic hydroxyl groups is 3. The van der Waals surface area contributed by atoms with E-state index in [1.165, 1.54) is 36.2 Å². The summed E-state index contributed by atoms with van der Waals surface area (Å²) in [5, 5.41) is 39.1. The van der Waals surface area contributed by atoms with Crippen LogP contribution in [-0.4, -0.2) is 38.7 Å². The van der Waals surface area contributed by atoms with Crippen molar-refractivity contribution in [2.24, 2.45) is 15.2 Å². The molecule has 0 saturated carbocycles. The number of phenols is 3. The molecule has 0 radical (unpaired) electrons. The molecule has 0 aliphatic rings. The number of halogens is 1. The molecule has 0 bridgehead atoms. The van der Waals surface area contributed by atoms with Crippen molar-refractivity contribution in [3.63, 3.8) is 0 Å². The molecule has 8 heteroatoms. The van der Waals surface area contributed by atoms with E-state index >= 15 is 0 Å². The van der Waals surface area contributed by atoms with Crippen LogP contribution in [0.5, 0.6) is 17.2 Å². The van der Waals surface area contributed by atoms with E-state index in [-0.39, 0.29) is 17.2 Å². The fourth-order valence-corrected chi connectivity index (χ4v) is 3.01. The first-order valence-electron chi connectivity index (χ1n) is 8.78. The van der Waals surface area contributed by atoms with Gasteiger partial charge < -0.3 is 15.3 Å². The predicted molar refractivity (Wildman–Crippen MR) is 124 cm³/mol. The summed E-state index contributed by atoms with van der Waals surface area (Å²) < 4.78 is 0. The third kappa shape index (κ3) is 5.40. The standard InChI is InChI=1S/C22H18ClN3O3S/c1-30-22(24-13-15-11-16(23)7-10-19(15)28)26-25-21(14-5-3-2-4-6-14)18-9-8-17(27)12-20(18)29/h2-13,27-29H,1H3/b24-13+,25-21+,26-22-. The van der Waals surface area contributed by atoms with Gasteiger partial charge in [0.05, 0.1) is 0 Å². The Morgan fingerprint density at radius 3 is 2.37 bits per heavy atom. The van der Waals surface area contributed by atoms with Gasteiger partial charge in [0, 0.05) is 34.0 Å². The van der Waals surface area contributed by atoms with Gasteiger partial charge in [-0.15, -0.1) is 10.2 Å². The summed E-state index contributed by atoms with van der Waals surface area (Å²) in [7, 11) is 0. The average Bonchev–Trinajstić information content (AvgIpc) is 2.74. The van der Waals surface area contributed by atoms with E-state index < -0.39 is 0 Å². The van der Waals surface area contributed by atoms with Gasteiger partial charge in [0.25, 0.3) is 0 Å². The van der Waals surface area contributed by atoms with Crippen molar-refractivity contribution in [1.82, 2.24) is 0 Å². The maximum atomic E-state index is 10.3. The molecule has 0 heterocycles. The zero-order valence-electron chi connectivity index (χ0n) is 15.9. The van der Waals surface area contributed by atoms with Crippen LogP contribution < -0.4 is 0 Å². The van der Waals surface area contributed by atoms with Gasteiger partial charge in [0.2, 0.25) is 5.17 Å². The summed E-state index contributed by atoms with van der Waals surface area (Å²) in [6, 6.07) is 18.2. The molecule has 3 rings (SSSR count). The van der Waals surface area contributed by atoms with Crippen LogP contribution in [-0.2, 0) is 0 Å². The van der Waals surface area contributed by atoms with Gasteiger partial charge >= 0.3 is 0 Å². The van der Waals surface area contributed by atoms with Crippen LogP contribution in [0.2, 0.25) is 5.02 Å². The number of benzene rings is 3. The third-order valence-electron chi connectivity index (χ3n) is 4.01. The molecule has 6 nitrogen and oxygen atoms in total. The lowest BCUT2D eigenvalue weighted by molar-refractivity contribution is 0.450. The lowest BCUT2D eigenvalue weighted by Gasteiger charge is -2.08. The Balaban J connectivity index is 2.01. The molecular formula is C22H18ClN3O3S. The molecule has 152 valence electrons. The van der Waals surface area contributed by atoms with Crippen LogP contribution in [0.1, 0.15) is 16.7 Å². The van der Waals surface area contributed by atoms with Crippen molar-refractivity contribution in [3.8, 4) is 17.2 Å². The molecule has 3 aromatic carbocycles. The highest BCUT2D eigenvalue weighted by Gasteiger charge is 2.12. The Morgan fingerprint density at radius 2 is 1.67 bits per heavy atom. The zero-order valence-corrected chi connectivity index (χ0v) is 17.5. The number of hydrogen-bond donors (Lipinski definition) is 3. The molecule has 0 unspecified atom stereocenters. The normalized spacial score (nSPS) is 12.5. The quantitative estimate of drug-likeness (QED) is 0.301. The van der Waals surface area contributed by atoms with Crippen molar-refractivity contribution in [2.45, 2.75) is 0 Å². The number of hydrogen-bond acceptors (Lipinski definition) is 6. The largest absolute Gasteiger partial charge is 0.508 e. The van der Waals surface area contributed by atoms with Crippen molar-refractivity contribution in [3.05, 3.63) is 88.4 Å². The fraction of sp³-hybridized carbons (Fsp3) is 0.0455. The highest BCUT2D eigenvalue weighted by atomic mass is 35.5. The number of rotatable bonds is 4. The van der Waals surface area contributed by atoms with Gasteiger partial charge in [0.15, 0.2) is 0 Å². The first-order valence-corrected chi connectivity index (χ1v) is 10.4. The number of phenolic OH excluding ortho intramolecular Hbond substituents is 3. The summed E-state index contributed by atoms with van der Waals surface area (Å²) in [5.41, 5.74) is 2.02. The van der Waals surface area contributed by atoms with Crippen molar-refractivity contribution >= 4 is 40.5 Å². The molecule has 0 spiro atoms. The second kappa shape index (κ2) is 9.96. The summed E-state index contributed by atoms with van der Waals surface area (Å²) in [6.07, 6.45) is 3.25. The Labute approximate surface area is 182 Å². The maximum absolute atomic E-state index is 10.3. The van der Waals surface area contributed by atoms with Crippen molar-refractivity contribution < 1.29 is 15.3 Å². The van der Waals surface area contributed by atoms with Gasteiger partial charge in [-0.2, -0.15) is 0 Å². The maximum Gasteiger partial charge on any atom is 0.208 e. The highest BCUT2D eigenvalue weighted by molar-refractivity contribution is 8.13. The molecule has 3 aromatic rings. The molecular weight excluding hydrogens is 422 g/mol. The van der Waals surface area contributed by atoms with E-state index in [1.54, 1.807) is 24.5 Å². The second-order valence-electron chi connectivity index (χ2n) is 6.06. The Kier molecular flexibility index (Phi) is 7.11. The molecule has 30 heavy (non-hydrogen) atoms. The molecule has 0 atom stereocenters. The predicted octanol–water partition coefficient (Wildman–Crippen LogP) is 5.05. The van der Waals surface area contributed by atoms with E-state index in [1.807, 2.05) is 30.3 Å². The summed E-state index contributed by atoms with van der Waals surface area (Å²) in [4.78, 5) is 4.27. The molecule has 3 N–H and O–H groups in total. The van der Waals surface area contributed by atoms with Gasteiger partial charge in [-0.1, -0.05) is 53.7 Å². The lowest BCUT2D eigenvalue weighted by atomic mass is 10.0. The minimum Gasteiger partial charge on any atom is -0.508 e. The third-order valence-corrected chi connectivity index (χ3v) is 4.79. The Morgan fingerprint density at radius 1 is 0.900 bits per heavy atom. The van der Waals surface area contributed by atoms with Crippen LogP contribution >= 0.6 is 23.4 Å². The van der Waals surface area contributed by atoms with Gasteiger partial charge in [0.1, 0.15) is 23.0 Å². The van der Waals surface area contributed by atoms with E-state index in [0.717, 1.165) is 5.56 Å². The minimum atomic E-state index is -0.120. The number of amidine groups is 1.